The number of benzene rings is 2. The van der Waals surface area contributed by atoms with Crippen molar-refractivity contribution in [2.45, 2.75) is 49.9 Å². The standard InChI is InChI=1S/C26H36N6O6/c27-7-1-2-20-26(38)32-21(25(37)30-13-18(33)12-28)11-17-9-15(4-6-23(17)35)14-3-5-22(34)16(8-14)10-19(29)24(36)31-20/h3-6,8-9,18-21,33-35H,1-2,7,10-13,27-29H2,(H,30,37)(H,31,36)(H,32,38)/t18?,19-,20-,21-/m0/s1. The lowest BCUT2D eigenvalue weighted by atomic mass is 9.95. The van der Waals surface area contributed by atoms with Gasteiger partial charge in [-0.2, -0.15) is 0 Å². The SMILES string of the molecule is NCCC[C@@H]1NC(=O)[C@@H](N)Cc2cc(ccc2O)-c2ccc(O)c(c2)C[C@@H](C(=O)NCC(O)CN)NC1=O. The third kappa shape index (κ3) is 7.42. The first-order chi connectivity index (χ1) is 18.1. The average Bonchev–Trinajstić information content (AvgIpc) is 2.90. The molecule has 3 rings (SSSR count). The van der Waals surface area contributed by atoms with Crippen LogP contribution in [0.4, 0.5) is 0 Å². The molecule has 0 spiro atoms. The van der Waals surface area contributed by atoms with Gasteiger partial charge in [0.05, 0.1) is 12.1 Å². The van der Waals surface area contributed by atoms with E-state index in [0.29, 0.717) is 28.7 Å². The van der Waals surface area contributed by atoms with E-state index < -0.39 is 42.0 Å². The Morgan fingerprint density at radius 3 is 2.16 bits per heavy atom. The molecule has 1 unspecified atom stereocenters. The Labute approximate surface area is 220 Å². The van der Waals surface area contributed by atoms with E-state index in [-0.39, 0.29) is 50.4 Å². The summed E-state index contributed by atoms with van der Waals surface area (Å²) in [5.74, 6) is -1.96. The van der Waals surface area contributed by atoms with Gasteiger partial charge in [0.15, 0.2) is 0 Å². The van der Waals surface area contributed by atoms with Crippen molar-refractivity contribution in [1.29, 1.82) is 0 Å². The van der Waals surface area contributed by atoms with Crippen molar-refractivity contribution in [3.05, 3.63) is 47.5 Å². The number of nitrogens with two attached hydrogens (primary N) is 3. The van der Waals surface area contributed by atoms with E-state index in [4.69, 9.17) is 17.2 Å². The maximum Gasteiger partial charge on any atom is 0.243 e. The number of hydrogen-bond donors (Lipinski definition) is 9. The van der Waals surface area contributed by atoms with Crippen LogP contribution in [0.5, 0.6) is 11.5 Å². The van der Waals surface area contributed by atoms with Crippen LogP contribution in [0.15, 0.2) is 36.4 Å². The van der Waals surface area contributed by atoms with Gasteiger partial charge in [0.1, 0.15) is 23.6 Å². The fraction of sp³-hybridized carbons (Fsp3) is 0.423. The molecule has 38 heavy (non-hydrogen) atoms. The van der Waals surface area contributed by atoms with E-state index in [9.17, 15) is 29.7 Å². The van der Waals surface area contributed by atoms with Crippen LogP contribution in [-0.4, -0.2) is 76.9 Å². The molecule has 12 nitrogen and oxygen atoms in total. The second-order valence-corrected chi connectivity index (χ2v) is 9.39. The molecule has 206 valence electrons. The third-order valence-corrected chi connectivity index (χ3v) is 6.44. The highest BCUT2D eigenvalue weighted by atomic mass is 16.3. The lowest BCUT2D eigenvalue weighted by molar-refractivity contribution is -0.132. The van der Waals surface area contributed by atoms with Crippen LogP contribution < -0.4 is 33.2 Å². The molecule has 0 radical (unpaired) electrons. The Balaban J connectivity index is 2.06. The molecule has 12 heteroatoms. The van der Waals surface area contributed by atoms with E-state index in [1.807, 2.05) is 0 Å². The van der Waals surface area contributed by atoms with Gasteiger partial charge >= 0.3 is 0 Å². The number of phenols is 2. The average molecular weight is 529 g/mol. The van der Waals surface area contributed by atoms with Gasteiger partial charge in [-0.1, -0.05) is 12.1 Å². The fourth-order valence-electron chi connectivity index (χ4n) is 4.18. The van der Waals surface area contributed by atoms with Crippen LogP contribution in [0.1, 0.15) is 24.0 Å². The van der Waals surface area contributed by atoms with Crippen molar-refractivity contribution in [2.75, 3.05) is 19.6 Å². The first-order valence-electron chi connectivity index (χ1n) is 12.5. The molecule has 4 bridgehead atoms. The summed E-state index contributed by atoms with van der Waals surface area (Å²) in [7, 11) is 0. The number of hydrogen-bond acceptors (Lipinski definition) is 9. The number of aromatic hydroxyl groups is 2. The first-order valence-corrected chi connectivity index (χ1v) is 12.5. The third-order valence-electron chi connectivity index (χ3n) is 6.44. The minimum atomic E-state index is -1.15. The maximum absolute atomic E-state index is 13.3. The molecular weight excluding hydrogens is 492 g/mol. The molecule has 0 saturated carbocycles. The number of amides is 3. The molecule has 0 aromatic heterocycles. The maximum atomic E-state index is 13.3. The quantitative estimate of drug-likeness (QED) is 0.200. The number of nitrogens with one attached hydrogen (secondary N) is 3. The predicted octanol–water partition coefficient (Wildman–Crippen LogP) is -1.66. The number of rotatable bonds is 7. The minimum Gasteiger partial charge on any atom is -0.508 e. The molecule has 1 heterocycles. The van der Waals surface area contributed by atoms with Gasteiger partial charge < -0.3 is 48.5 Å². The molecule has 12 N–H and O–H groups in total. The summed E-state index contributed by atoms with van der Waals surface area (Å²) in [6.07, 6.45) is -0.439. The molecule has 1 aliphatic heterocycles. The zero-order valence-electron chi connectivity index (χ0n) is 21.0. The van der Waals surface area contributed by atoms with Crippen molar-refractivity contribution in [3.8, 4) is 22.6 Å². The summed E-state index contributed by atoms with van der Waals surface area (Å²) in [5.41, 5.74) is 19.4. The Morgan fingerprint density at radius 2 is 1.58 bits per heavy atom. The number of aliphatic hydroxyl groups excluding tert-OH is 1. The summed E-state index contributed by atoms with van der Waals surface area (Å²) < 4.78 is 0. The summed E-state index contributed by atoms with van der Waals surface area (Å²) in [6.45, 7) is 0.0718. The molecule has 0 fully saturated rings. The van der Waals surface area contributed by atoms with E-state index in [1.165, 1.54) is 12.1 Å². The number of carbonyl (C=O) groups excluding carboxylic acids is 3. The highest BCUT2D eigenvalue weighted by Gasteiger charge is 2.29. The van der Waals surface area contributed by atoms with Crippen LogP contribution in [0.25, 0.3) is 11.1 Å². The first kappa shape index (κ1) is 28.9. The molecule has 3 amide bonds. The molecule has 2 aromatic rings. The zero-order valence-corrected chi connectivity index (χ0v) is 21.0. The summed E-state index contributed by atoms with van der Waals surface area (Å²) in [6, 6.07) is 6.45. The van der Waals surface area contributed by atoms with Crippen LogP contribution in [0.3, 0.4) is 0 Å². The lowest BCUT2D eigenvalue weighted by Gasteiger charge is -2.25. The van der Waals surface area contributed by atoms with Crippen LogP contribution in [0, 0.1) is 0 Å². The monoisotopic (exact) mass is 528 g/mol. The van der Waals surface area contributed by atoms with Gasteiger partial charge in [-0.3, -0.25) is 14.4 Å². The van der Waals surface area contributed by atoms with Crippen LogP contribution in [-0.2, 0) is 27.2 Å². The predicted molar refractivity (Wildman–Crippen MR) is 141 cm³/mol. The Morgan fingerprint density at radius 1 is 0.974 bits per heavy atom. The normalized spacial score (nSPS) is 20.9. The number of fused-ring (bicyclic) bond motifs is 5. The molecular formula is C26H36N6O6. The van der Waals surface area contributed by atoms with E-state index in [0.717, 1.165) is 0 Å². The van der Waals surface area contributed by atoms with Crippen LogP contribution >= 0.6 is 0 Å². The van der Waals surface area contributed by atoms with Gasteiger partial charge in [0.25, 0.3) is 0 Å². The number of aliphatic hydroxyl groups is 1. The topological polar surface area (TPSA) is 226 Å². The van der Waals surface area contributed by atoms with E-state index in [2.05, 4.69) is 16.0 Å². The summed E-state index contributed by atoms with van der Waals surface area (Å²) in [4.78, 5) is 39.3. The van der Waals surface area contributed by atoms with Crippen molar-refractivity contribution in [1.82, 2.24) is 16.0 Å². The smallest absolute Gasteiger partial charge is 0.243 e. The van der Waals surface area contributed by atoms with Crippen molar-refractivity contribution in [3.63, 3.8) is 0 Å². The minimum absolute atomic E-state index is 0.0101. The molecule has 4 atom stereocenters. The van der Waals surface area contributed by atoms with Crippen LogP contribution in [0.2, 0.25) is 0 Å². The zero-order chi connectivity index (χ0) is 27.8. The highest BCUT2D eigenvalue weighted by Crippen LogP contribution is 2.30. The molecule has 2 aromatic carbocycles. The Bertz CT molecular complexity index is 1160. The molecule has 1 aliphatic rings. The second kappa shape index (κ2) is 13.2. The second-order valence-electron chi connectivity index (χ2n) is 9.39. The van der Waals surface area contributed by atoms with E-state index >= 15 is 0 Å². The van der Waals surface area contributed by atoms with Crippen molar-refractivity contribution in [2.24, 2.45) is 17.2 Å². The Kier molecular flexibility index (Phi) is 10.0. The van der Waals surface area contributed by atoms with Gasteiger partial charge in [0, 0.05) is 25.9 Å². The van der Waals surface area contributed by atoms with Crippen molar-refractivity contribution < 1.29 is 29.7 Å². The summed E-state index contributed by atoms with van der Waals surface area (Å²) in [5, 5.41) is 38.6. The molecule has 0 saturated heterocycles. The number of phenolic OH excluding ortho intramolecular Hbond substituents is 2. The largest absolute Gasteiger partial charge is 0.508 e. The fourth-order valence-corrected chi connectivity index (χ4v) is 4.18. The van der Waals surface area contributed by atoms with Gasteiger partial charge in [-0.25, -0.2) is 0 Å². The summed E-state index contributed by atoms with van der Waals surface area (Å²) >= 11 is 0. The molecule has 0 aliphatic carbocycles. The Hall–Kier alpha value is -3.71. The van der Waals surface area contributed by atoms with E-state index in [1.54, 1.807) is 24.3 Å². The lowest BCUT2D eigenvalue weighted by Crippen LogP contribution is -2.57. The highest BCUT2D eigenvalue weighted by molar-refractivity contribution is 5.93. The van der Waals surface area contributed by atoms with Gasteiger partial charge in [-0.05, 0) is 65.9 Å². The number of carbonyl (C=O) groups is 3. The van der Waals surface area contributed by atoms with Gasteiger partial charge in [-0.15, -0.1) is 0 Å². The van der Waals surface area contributed by atoms with Gasteiger partial charge in [0.2, 0.25) is 17.7 Å². The van der Waals surface area contributed by atoms with Crippen molar-refractivity contribution >= 4 is 17.7 Å².